The van der Waals surface area contributed by atoms with Gasteiger partial charge in [-0.25, -0.2) is 4.98 Å². The zero-order chi connectivity index (χ0) is 15.4. The Hall–Kier alpha value is -1.43. The summed E-state index contributed by atoms with van der Waals surface area (Å²) < 4.78 is 0. The number of halogens is 1. The van der Waals surface area contributed by atoms with Crippen LogP contribution in [-0.4, -0.2) is 10.9 Å². The fourth-order valence-corrected chi connectivity index (χ4v) is 2.93. The molecule has 4 nitrogen and oxygen atoms in total. The molecule has 1 amide bonds. The third kappa shape index (κ3) is 4.03. The van der Waals surface area contributed by atoms with Crippen molar-refractivity contribution in [2.75, 3.05) is 0 Å². The molecule has 0 saturated carbocycles. The van der Waals surface area contributed by atoms with Gasteiger partial charge in [0.1, 0.15) is 10.7 Å². The minimum atomic E-state index is -0.190. The molecule has 2 aromatic rings. The number of thiazole rings is 1. The molecule has 0 aliphatic carbocycles. The van der Waals surface area contributed by atoms with Crippen LogP contribution < -0.4 is 11.1 Å². The largest absolute Gasteiger partial charge is 0.344 e. The predicted molar refractivity (Wildman–Crippen MR) is 86.7 cm³/mol. The maximum atomic E-state index is 12.3. The topological polar surface area (TPSA) is 68.0 Å². The van der Waals surface area contributed by atoms with E-state index in [0.29, 0.717) is 10.7 Å². The highest BCUT2D eigenvalue weighted by Crippen LogP contribution is 2.21. The molecule has 1 aromatic heterocycles. The number of carbonyl (C=O) groups is 1. The number of benzene rings is 1. The van der Waals surface area contributed by atoms with Gasteiger partial charge in [-0.15, -0.1) is 11.3 Å². The van der Waals surface area contributed by atoms with Gasteiger partial charge in [0, 0.05) is 10.4 Å². The molecular weight excluding hydrogens is 306 g/mol. The smallest absolute Gasteiger partial charge is 0.271 e. The van der Waals surface area contributed by atoms with Crippen LogP contribution in [0.5, 0.6) is 0 Å². The molecule has 1 heterocycles. The summed E-state index contributed by atoms with van der Waals surface area (Å²) in [6.07, 6.45) is 0.774. The average molecular weight is 324 g/mol. The quantitative estimate of drug-likeness (QED) is 0.881. The van der Waals surface area contributed by atoms with Crippen molar-refractivity contribution in [3.63, 3.8) is 0 Å². The summed E-state index contributed by atoms with van der Waals surface area (Å²) in [5, 5.41) is 6.14. The van der Waals surface area contributed by atoms with Crippen LogP contribution in [0.1, 0.15) is 53.4 Å². The van der Waals surface area contributed by atoms with Crippen LogP contribution in [0.3, 0.4) is 0 Å². The van der Waals surface area contributed by atoms with Gasteiger partial charge in [0.15, 0.2) is 0 Å². The third-order valence-electron chi connectivity index (χ3n) is 3.11. The SMILES string of the molecule is CCC(NC(=O)c1csc(C(C)N)n1)c1cccc(Cl)c1. The number of nitrogens with two attached hydrogens (primary N) is 1. The van der Waals surface area contributed by atoms with Crippen LogP contribution in [0.15, 0.2) is 29.6 Å². The Morgan fingerprint density at radius 3 is 2.86 bits per heavy atom. The second-order valence-corrected chi connectivity index (χ2v) is 6.18. The van der Waals surface area contributed by atoms with Crippen LogP contribution in [0.2, 0.25) is 5.02 Å². The number of hydrogen-bond donors (Lipinski definition) is 2. The first-order valence-corrected chi connectivity index (χ1v) is 8.04. The highest BCUT2D eigenvalue weighted by molar-refractivity contribution is 7.09. The molecule has 2 rings (SSSR count). The Balaban J connectivity index is 2.12. The van der Waals surface area contributed by atoms with Crippen LogP contribution in [0.25, 0.3) is 0 Å². The number of nitrogens with one attached hydrogen (secondary N) is 1. The summed E-state index contributed by atoms with van der Waals surface area (Å²) in [4.78, 5) is 16.5. The zero-order valence-corrected chi connectivity index (χ0v) is 13.5. The maximum absolute atomic E-state index is 12.3. The van der Waals surface area contributed by atoms with E-state index >= 15 is 0 Å². The van der Waals surface area contributed by atoms with Gasteiger partial charge in [-0.3, -0.25) is 4.79 Å². The Kier molecular flexibility index (Phi) is 5.33. The standard InChI is InChI=1S/C15H18ClN3OS/c1-3-12(10-5-4-6-11(16)7-10)18-14(20)13-8-21-15(19-13)9(2)17/h4-9,12H,3,17H2,1-2H3,(H,18,20). The number of hydrogen-bond acceptors (Lipinski definition) is 4. The molecule has 0 aliphatic heterocycles. The minimum Gasteiger partial charge on any atom is -0.344 e. The summed E-state index contributed by atoms with van der Waals surface area (Å²) >= 11 is 7.40. The summed E-state index contributed by atoms with van der Waals surface area (Å²) in [7, 11) is 0. The highest BCUT2D eigenvalue weighted by Gasteiger charge is 2.17. The number of carbonyl (C=O) groups excluding carboxylic acids is 1. The lowest BCUT2D eigenvalue weighted by atomic mass is 10.0. The second kappa shape index (κ2) is 7.02. The van der Waals surface area contributed by atoms with Crippen LogP contribution in [0.4, 0.5) is 0 Å². The average Bonchev–Trinajstić information content (AvgIpc) is 2.94. The van der Waals surface area contributed by atoms with E-state index in [1.165, 1.54) is 11.3 Å². The predicted octanol–water partition coefficient (Wildman–Crippen LogP) is 3.70. The van der Waals surface area contributed by atoms with Gasteiger partial charge < -0.3 is 11.1 Å². The van der Waals surface area contributed by atoms with E-state index in [1.807, 2.05) is 38.1 Å². The van der Waals surface area contributed by atoms with Gasteiger partial charge >= 0.3 is 0 Å². The monoisotopic (exact) mass is 323 g/mol. The molecule has 1 aromatic carbocycles. The Labute approximate surface area is 133 Å². The first kappa shape index (κ1) is 15.9. The van der Waals surface area contributed by atoms with E-state index in [1.54, 1.807) is 5.38 Å². The molecule has 2 atom stereocenters. The molecule has 0 bridgehead atoms. The van der Waals surface area contributed by atoms with E-state index < -0.39 is 0 Å². The van der Waals surface area contributed by atoms with Crippen molar-refractivity contribution in [1.29, 1.82) is 0 Å². The molecule has 0 saturated heterocycles. The van der Waals surface area contributed by atoms with Gasteiger partial charge in [0.2, 0.25) is 0 Å². The molecule has 0 radical (unpaired) electrons. The molecule has 3 N–H and O–H groups in total. The number of nitrogens with zero attached hydrogens (tertiary/aromatic N) is 1. The van der Waals surface area contributed by atoms with Gasteiger partial charge in [0.25, 0.3) is 5.91 Å². The lowest BCUT2D eigenvalue weighted by molar-refractivity contribution is 0.0931. The Morgan fingerprint density at radius 2 is 2.29 bits per heavy atom. The summed E-state index contributed by atoms with van der Waals surface area (Å²) in [6.45, 7) is 3.86. The lowest BCUT2D eigenvalue weighted by Gasteiger charge is -2.17. The summed E-state index contributed by atoms with van der Waals surface area (Å²) in [5.74, 6) is -0.190. The van der Waals surface area contributed by atoms with Gasteiger partial charge in [-0.05, 0) is 31.0 Å². The first-order chi connectivity index (χ1) is 10.0. The Bertz CT molecular complexity index is 627. The third-order valence-corrected chi connectivity index (χ3v) is 4.39. The number of aromatic nitrogens is 1. The molecular formula is C15H18ClN3OS. The molecule has 0 aliphatic rings. The van der Waals surface area contributed by atoms with E-state index in [9.17, 15) is 4.79 Å². The van der Waals surface area contributed by atoms with Crippen molar-refractivity contribution in [3.05, 3.63) is 50.9 Å². The normalized spacial score (nSPS) is 13.7. The van der Waals surface area contributed by atoms with Gasteiger partial charge in [-0.2, -0.15) is 0 Å². The van der Waals surface area contributed by atoms with Crippen molar-refractivity contribution in [3.8, 4) is 0 Å². The van der Waals surface area contributed by atoms with Crippen molar-refractivity contribution < 1.29 is 4.79 Å². The Morgan fingerprint density at radius 1 is 1.52 bits per heavy atom. The molecule has 0 spiro atoms. The van der Waals surface area contributed by atoms with Crippen LogP contribution >= 0.6 is 22.9 Å². The van der Waals surface area contributed by atoms with Gasteiger partial charge in [0.05, 0.1) is 12.1 Å². The van der Waals surface area contributed by atoms with Crippen LogP contribution in [0, 0.1) is 0 Å². The van der Waals surface area contributed by atoms with Gasteiger partial charge in [-0.1, -0.05) is 30.7 Å². The molecule has 2 unspecified atom stereocenters. The first-order valence-electron chi connectivity index (χ1n) is 6.78. The summed E-state index contributed by atoms with van der Waals surface area (Å²) in [6, 6.07) is 7.26. The van der Waals surface area contributed by atoms with E-state index in [0.717, 1.165) is 17.0 Å². The van der Waals surface area contributed by atoms with Crippen molar-refractivity contribution in [2.45, 2.75) is 32.4 Å². The lowest BCUT2D eigenvalue weighted by Crippen LogP contribution is -2.28. The molecule has 6 heteroatoms. The number of rotatable bonds is 5. The second-order valence-electron chi connectivity index (χ2n) is 4.85. The number of amides is 1. The highest BCUT2D eigenvalue weighted by atomic mass is 35.5. The molecule has 112 valence electrons. The fraction of sp³-hybridized carbons (Fsp3) is 0.333. The summed E-state index contributed by atoms with van der Waals surface area (Å²) in [5.41, 5.74) is 7.16. The molecule has 21 heavy (non-hydrogen) atoms. The minimum absolute atomic E-state index is 0.0864. The maximum Gasteiger partial charge on any atom is 0.271 e. The van der Waals surface area contributed by atoms with E-state index in [4.69, 9.17) is 17.3 Å². The van der Waals surface area contributed by atoms with Crippen molar-refractivity contribution >= 4 is 28.8 Å². The zero-order valence-electron chi connectivity index (χ0n) is 12.0. The van der Waals surface area contributed by atoms with Crippen LogP contribution in [-0.2, 0) is 0 Å². The van der Waals surface area contributed by atoms with E-state index in [-0.39, 0.29) is 18.0 Å². The molecule has 0 fully saturated rings. The fourth-order valence-electron chi connectivity index (χ4n) is 1.98. The van der Waals surface area contributed by atoms with E-state index in [2.05, 4.69) is 10.3 Å². The van der Waals surface area contributed by atoms with Crippen molar-refractivity contribution in [2.24, 2.45) is 5.73 Å². The van der Waals surface area contributed by atoms with Crippen molar-refractivity contribution in [1.82, 2.24) is 10.3 Å².